The Labute approximate surface area is 187 Å². The van der Waals surface area contributed by atoms with Gasteiger partial charge in [-0.3, -0.25) is 4.99 Å². The zero-order valence-electron chi connectivity index (χ0n) is 15.4. The van der Waals surface area contributed by atoms with Crippen LogP contribution in [-0.2, 0) is 9.47 Å². The number of carbonyl (C=O) groups excluding carboxylic acids is 1. The third-order valence-corrected chi connectivity index (χ3v) is 6.18. The Kier molecular flexibility index (Phi) is 7.29. The number of aliphatic imine (C=N–C) groups is 2. The van der Waals surface area contributed by atoms with Gasteiger partial charge in [0, 0.05) is 38.0 Å². The van der Waals surface area contributed by atoms with E-state index < -0.39 is 10.9 Å². The number of halogens is 3. The van der Waals surface area contributed by atoms with Crippen LogP contribution in [0, 0.1) is 0 Å². The summed E-state index contributed by atoms with van der Waals surface area (Å²) in [5.74, 6) is 0. The number of carbonyl (C=O) groups is 1. The van der Waals surface area contributed by atoms with E-state index >= 15 is 0 Å². The van der Waals surface area contributed by atoms with Gasteiger partial charge in [0.2, 0.25) is 0 Å². The molecular weight excluding hydrogens is 457 g/mol. The zero-order valence-corrected chi connectivity index (χ0v) is 18.5. The Bertz CT molecular complexity index is 933. The quantitative estimate of drug-likeness (QED) is 0.270. The lowest BCUT2D eigenvalue weighted by atomic mass is 9.88. The number of rotatable bonds is 4. The average molecular weight is 475 g/mol. The monoisotopic (exact) mass is 473 g/mol. The fourth-order valence-corrected chi connectivity index (χ4v) is 4.40. The number of hydrogen-bond acceptors (Lipinski definition) is 5. The van der Waals surface area contributed by atoms with Gasteiger partial charge in [-0.25, -0.2) is 9.79 Å². The molecule has 2 atom stereocenters. The molecule has 3 rings (SSSR count). The molecule has 0 radical (unpaired) electrons. The van der Waals surface area contributed by atoms with Gasteiger partial charge in [-0.05, 0) is 25.0 Å². The number of nitrogens with two attached hydrogens (primary N) is 1. The molecule has 154 valence electrons. The summed E-state index contributed by atoms with van der Waals surface area (Å²) in [6.45, 7) is 0.170. The summed E-state index contributed by atoms with van der Waals surface area (Å²) in [6, 6.07) is 5.24. The van der Waals surface area contributed by atoms with Crippen molar-refractivity contribution in [1.82, 2.24) is 0 Å². The molecule has 0 spiro atoms. The first kappa shape index (κ1) is 22.2. The Morgan fingerprint density at radius 3 is 2.90 bits per heavy atom. The van der Waals surface area contributed by atoms with Crippen LogP contribution in [0.2, 0.25) is 10.0 Å². The number of ether oxygens (including phenoxy) is 2. The van der Waals surface area contributed by atoms with Gasteiger partial charge in [-0.2, -0.15) is 0 Å². The SMILES string of the molecule is COC(=O)SC(=NC[C@]1(C2=C(Cl)CCC=C2)O[C@@H]1c1ccc(Cl)cc1Cl)/N=C\N. The molecule has 0 bridgehead atoms. The Morgan fingerprint density at radius 2 is 2.24 bits per heavy atom. The Hall–Kier alpha value is -1.51. The lowest BCUT2D eigenvalue weighted by Gasteiger charge is -2.18. The van der Waals surface area contributed by atoms with Crippen molar-refractivity contribution >= 4 is 63.4 Å². The predicted octanol–water partition coefficient (Wildman–Crippen LogP) is 5.49. The summed E-state index contributed by atoms with van der Waals surface area (Å²) in [6.07, 6.45) is 6.26. The lowest BCUT2D eigenvalue weighted by molar-refractivity contribution is 0.200. The number of amidine groups is 1. The van der Waals surface area contributed by atoms with Crippen molar-refractivity contribution in [3.8, 4) is 0 Å². The van der Waals surface area contributed by atoms with Crippen LogP contribution < -0.4 is 5.73 Å². The van der Waals surface area contributed by atoms with Crippen LogP contribution in [-0.4, -0.2) is 36.1 Å². The van der Waals surface area contributed by atoms with Gasteiger partial charge in [0.15, 0.2) is 5.17 Å². The van der Waals surface area contributed by atoms with E-state index in [0.29, 0.717) is 21.5 Å². The molecule has 6 nitrogen and oxygen atoms in total. The lowest BCUT2D eigenvalue weighted by Crippen LogP contribution is -2.22. The highest BCUT2D eigenvalue weighted by Gasteiger charge is 2.60. The number of thioether (sulfide) groups is 1. The first-order chi connectivity index (χ1) is 13.9. The van der Waals surface area contributed by atoms with E-state index in [0.717, 1.165) is 35.7 Å². The molecule has 1 aliphatic carbocycles. The van der Waals surface area contributed by atoms with Crippen LogP contribution in [0.25, 0.3) is 0 Å². The molecule has 0 saturated carbocycles. The molecular formula is C19H18Cl3N3O3S. The number of nitrogens with zero attached hydrogens (tertiary/aromatic N) is 2. The highest BCUT2D eigenvalue weighted by molar-refractivity contribution is 8.26. The summed E-state index contributed by atoms with van der Waals surface area (Å²) < 4.78 is 10.8. The van der Waals surface area contributed by atoms with E-state index in [-0.39, 0.29) is 17.8 Å². The summed E-state index contributed by atoms with van der Waals surface area (Å²) in [5.41, 5.74) is 6.18. The second kappa shape index (κ2) is 9.53. The smallest absolute Gasteiger partial charge is 0.374 e. The minimum absolute atomic E-state index is 0.159. The van der Waals surface area contributed by atoms with E-state index in [1.807, 2.05) is 18.2 Å². The molecule has 29 heavy (non-hydrogen) atoms. The average Bonchev–Trinajstić information content (AvgIpc) is 3.41. The number of hydrogen-bond donors (Lipinski definition) is 1. The Morgan fingerprint density at radius 1 is 1.45 bits per heavy atom. The minimum atomic E-state index is -0.822. The second-order valence-electron chi connectivity index (χ2n) is 6.25. The molecule has 2 aliphatic rings. The first-order valence-electron chi connectivity index (χ1n) is 8.64. The Balaban J connectivity index is 1.96. The summed E-state index contributed by atoms with van der Waals surface area (Å²) in [5, 5.41) is 1.35. The van der Waals surface area contributed by atoms with E-state index in [4.69, 9.17) is 45.3 Å². The minimum Gasteiger partial charge on any atom is -0.461 e. The van der Waals surface area contributed by atoms with Crippen LogP contribution in [0.5, 0.6) is 0 Å². The standard InChI is InChI=1S/C19H18Cl3N3O3S/c1-27-18(26)29-17(25-10-23)24-9-19(13-4-2-3-5-14(13)21)16(28-19)12-7-6-11(20)8-15(12)22/h2,4,6-8,10,16H,3,5,9H2,1H3,(H2,23,24,25)/t16-,19-/m1/s1. The van der Waals surface area contributed by atoms with Crippen molar-refractivity contribution < 1.29 is 14.3 Å². The van der Waals surface area contributed by atoms with Crippen LogP contribution >= 0.6 is 46.6 Å². The molecule has 0 amide bonds. The molecule has 10 heteroatoms. The zero-order chi connectivity index (χ0) is 21.0. The molecule has 0 unspecified atom stereocenters. The fraction of sp³-hybridized carbons (Fsp3) is 0.316. The molecule has 1 aliphatic heterocycles. The van der Waals surface area contributed by atoms with Gasteiger partial charge in [0.25, 0.3) is 0 Å². The molecule has 1 aromatic carbocycles. The largest absolute Gasteiger partial charge is 0.461 e. The number of methoxy groups -OCH3 is 1. The summed E-state index contributed by atoms with van der Waals surface area (Å²) in [4.78, 5) is 20.0. The first-order valence-corrected chi connectivity index (χ1v) is 10.6. The number of benzene rings is 1. The normalized spacial score (nSPS) is 24.3. The van der Waals surface area contributed by atoms with Crippen molar-refractivity contribution in [2.75, 3.05) is 13.7 Å². The third-order valence-electron chi connectivity index (χ3n) is 4.48. The molecule has 0 aromatic heterocycles. The van der Waals surface area contributed by atoms with Crippen molar-refractivity contribution in [2.45, 2.75) is 24.5 Å². The molecule has 1 fully saturated rings. The van der Waals surface area contributed by atoms with Crippen LogP contribution in [0.1, 0.15) is 24.5 Å². The summed E-state index contributed by atoms with van der Waals surface area (Å²) >= 11 is 19.7. The van der Waals surface area contributed by atoms with Crippen molar-refractivity contribution in [3.63, 3.8) is 0 Å². The maximum atomic E-state index is 11.6. The van der Waals surface area contributed by atoms with Crippen molar-refractivity contribution in [2.24, 2.45) is 15.7 Å². The van der Waals surface area contributed by atoms with E-state index in [2.05, 4.69) is 14.7 Å². The number of allylic oxidation sites excluding steroid dienone is 2. The molecule has 2 N–H and O–H groups in total. The maximum absolute atomic E-state index is 11.6. The maximum Gasteiger partial charge on any atom is 0.374 e. The number of epoxide rings is 1. The van der Waals surface area contributed by atoms with Gasteiger partial charge in [0.1, 0.15) is 11.7 Å². The highest BCUT2D eigenvalue weighted by Crippen LogP contribution is 2.58. The second-order valence-corrected chi connectivity index (χ2v) is 8.45. The van der Waals surface area contributed by atoms with Gasteiger partial charge in [0.05, 0.1) is 20.0 Å². The van der Waals surface area contributed by atoms with Crippen LogP contribution in [0.4, 0.5) is 4.79 Å². The summed E-state index contributed by atoms with van der Waals surface area (Å²) in [7, 11) is 1.28. The van der Waals surface area contributed by atoms with Gasteiger partial charge in [-0.15, -0.1) is 0 Å². The predicted molar refractivity (Wildman–Crippen MR) is 119 cm³/mol. The van der Waals surface area contributed by atoms with Gasteiger partial charge in [-0.1, -0.05) is 53.0 Å². The van der Waals surface area contributed by atoms with Gasteiger partial charge < -0.3 is 15.2 Å². The topological polar surface area (TPSA) is 89.6 Å². The fourth-order valence-electron chi connectivity index (χ4n) is 3.09. The molecule has 1 heterocycles. The van der Waals surface area contributed by atoms with E-state index in [9.17, 15) is 4.79 Å². The van der Waals surface area contributed by atoms with Crippen molar-refractivity contribution in [1.29, 1.82) is 0 Å². The highest BCUT2D eigenvalue weighted by atomic mass is 35.5. The van der Waals surface area contributed by atoms with E-state index in [1.165, 1.54) is 7.11 Å². The van der Waals surface area contributed by atoms with Crippen LogP contribution in [0.3, 0.4) is 0 Å². The molecule has 1 saturated heterocycles. The third kappa shape index (κ3) is 4.98. The van der Waals surface area contributed by atoms with Crippen LogP contribution in [0.15, 0.2) is 50.9 Å². The molecule has 1 aromatic rings. The van der Waals surface area contributed by atoms with Gasteiger partial charge >= 0.3 is 5.30 Å². The van der Waals surface area contributed by atoms with E-state index in [1.54, 1.807) is 12.1 Å². The van der Waals surface area contributed by atoms with Crippen molar-refractivity contribution in [3.05, 3.63) is 56.6 Å².